The lowest BCUT2D eigenvalue weighted by Crippen LogP contribution is -2.29. The van der Waals surface area contributed by atoms with E-state index in [0.717, 1.165) is 0 Å². The number of nitro groups is 1. The van der Waals surface area contributed by atoms with Gasteiger partial charge in [0.05, 0.1) is 26.9 Å². The number of carbonyl (C=O) groups is 1. The van der Waals surface area contributed by atoms with Gasteiger partial charge in [-0.25, -0.2) is 0 Å². The van der Waals surface area contributed by atoms with Gasteiger partial charge in [0, 0.05) is 23.2 Å². The number of hydrogen-bond donors (Lipinski definition) is 0. The molecule has 9 nitrogen and oxygen atoms in total. The molecule has 1 atom stereocenters. The summed E-state index contributed by atoms with van der Waals surface area (Å²) in [5.74, 6) is -0.210. The Balaban J connectivity index is 1.81. The maximum absolute atomic E-state index is 13.5. The lowest BCUT2D eigenvalue weighted by Gasteiger charge is -2.22. The number of anilines is 1. The SMILES string of the molecule is Cc1cc(N2C(=O)c3oc4c(Cl)cc(Cl)cc4c(=O)c3C2c2ccc([N+](=O)[O-])cc2)no1. The van der Waals surface area contributed by atoms with Crippen LogP contribution in [-0.2, 0) is 0 Å². The van der Waals surface area contributed by atoms with Crippen LogP contribution in [0, 0.1) is 17.0 Å². The maximum Gasteiger partial charge on any atom is 0.296 e. The van der Waals surface area contributed by atoms with E-state index in [2.05, 4.69) is 5.16 Å². The van der Waals surface area contributed by atoms with Gasteiger partial charge in [-0.1, -0.05) is 28.4 Å². The second-order valence-corrected chi connectivity index (χ2v) is 8.00. The van der Waals surface area contributed by atoms with Crippen LogP contribution in [0.2, 0.25) is 10.0 Å². The molecule has 2 aromatic carbocycles. The van der Waals surface area contributed by atoms with Crippen molar-refractivity contribution in [2.45, 2.75) is 13.0 Å². The van der Waals surface area contributed by atoms with Gasteiger partial charge in [-0.05, 0) is 36.8 Å². The normalized spacial score (nSPS) is 15.4. The summed E-state index contributed by atoms with van der Waals surface area (Å²) in [5, 5.41) is 15.4. The van der Waals surface area contributed by atoms with Crippen LogP contribution >= 0.6 is 23.2 Å². The smallest absolute Gasteiger partial charge is 0.296 e. The molecule has 160 valence electrons. The highest BCUT2D eigenvalue weighted by atomic mass is 35.5. The Morgan fingerprint density at radius 1 is 1.12 bits per heavy atom. The van der Waals surface area contributed by atoms with Gasteiger partial charge in [-0.2, -0.15) is 0 Å². The van der Waals surface area contributed by atoms with Crippen molar-refractivity contribution < 1.29 is 18.7 Å². The first kappa shape index (κ1) is 20.2. The summed E-state index contributed by atoms with van der Waals surface area (Å²) >= 11 is 12.3. The third-order valence-electron chi connectivity index (χ3n) is 5.17. The number of carbonyl (C=O) groups excluding carboxylic acids is 1. The first-order valence-electron chi connectivity index (χ1n) is 9.23. The van der Waals surface area contributed by atoms with E-state index in [1.165, 1.54) is 47.4 Å². The first-order valence-corrected chi connectivity index (χ1v) is 9.99. The largest absolute Gasteiger partial charge is 0.449 e. The van der Waals surface area contributed by atoms with Crippen molar-refractivity contribution in [3.63, 3.8) is 0 Å². The highest BCUT2D eigenvalue weighted by molar-refractivity contribution is 6.38. The van der Waals surface area contributed by atoms with E-state index in [-0.39, 0.29) is 43.8 Å². The molecular weight excluding hydrogens is 461 g/mol. The van der Waals surface area contributed by atoms with Crippen LogP contribution in [0.3, 0.4) is 0 Å². The van der Waals surface area contributed by atoms with E-state index in [4.69, 9.17) is 32.1 Å². The summed E-state index contributed by atoms with van der Waals surface area (Å²) in [6.07, 6.45) is 0. The summed E-state index contributed by atoms with van der Waals surface area (Å²) < 4.78 is 10.9. The molecule has 3 heterocycles. The van der Waals surface area contributed by atoms with Crippen LogP contribution in [0.25, 0.3) is 11.0 Å². The van der Waals surface area contributed by atoms with Gasteiger partial charge in [0.25, 0.3) is 11.6 Å². The number of benzene rings is 2. The van der Waals surface area contributed by atoms with Gasteiger partial charge in [0.15, 0.2) is 16.8 Å². The van der Waals surface area contributed by atoms with Gasteiger partial charge in [0.1, 0.15) is 5.76 Å². The zero-order chi connectivity index (χ0) is 22.7. The second-order valence-electron chi connectivity index (χ2n) is 7.16. The highest BCUT2D eigenvalue weighted by Crippen LogP contribution is 2.42. The summed E-state index contributed by atoms with van der Waals surface area (Å²) in [4.78, 5) is 38.7. The van der Waals surface area contributed by atoms with E-state index < -0.39 is 22.3 Å². The summed E-state index contributed by atoms with van der Waals surface area (Å²) in [7, 11) is 0. The third kappa shape index (κ3) is 2.97. The minimum Gasteiger partial charge on any atom is -0.449 e. The zero-order valence-corrected chi connectivity index (χ0v) is 17.7. The van der Waals surface area contributed by atoms with E-state index in [9.17, 15) is 19.7 Å². The van der Waals surface area contributed by atoms with Crippen molar-refractivity contribution in [3.05, 3.63) is 95.5 Å². The molecule has 1 aliphatic rings. The summed E-state index contributed by atoms with van der Waals surface area (Å²) in [6.45, 7) is 1.66. The number of amides is 1. The molecule has 0 spiro atoms. The first-order chi connectivity index (χ1) is 15.3. The average Bonchev–Trinajstić information content (AvgIpc) is 3.30. The molecule has 0 saturated heterocycles. The number of non-ortho nitro benzene ring substituents is 1. The number of fused-ring (bicyclic) bond motifs is 2. The number of hydrogen-bond acceptors (Lipinski definition) is 7. The number of rotatable bonds is 3. The van der Waals surface area contributed by atoms with E-state index in [0.29, 0.717) is 11.3 Å². The predicted octanol–water partition coefficient (Wildman–Crippen LogP) is 5.05. The van der Waals surface area contributed by atoms with Crippen LogP contribution in [0.5, 0.6) is 0 Å². The Bertz CT molecular complexity index is 1490. The average molecular weight is 472 g/mol. The van der Waals surface area contributed by atoms with Gasteiger partial charge in [0.2, 0.25) is 5.76 Å². The minimum absolute atomic E-state index is 0.0359. The standard InChI is InChI=1S/C21H11Cl2N3O6/c1-9-6-15(24-32-9)25-17(10-2-4-12(5-3-10)26(29)30)16-18(27)13-7-11(22)8-14(23)19(13)31-20(16)21(25)28/h2-8,17H,1H3. The fraction of sp³-hybridized carbons (Fsp3) is 0.0952. The molecule has 0 radical (unpaired) electrons. The Morgan fingerprint density at radius 2 is 1.84 bits per heavy atom. The van der Waals surface area contributed by atoms with Crippen molar-refractivity contribution in [1.82, 2.24) is 5.16 Å². The highest BCUT2D eigenvalue weighted by Gasteiger charge is 2.45. The van der Waals surface area contributed by atoms with Gasteiger partial charge < -0.3 is 8.94 Å². The molecule has 0 fully saturated rings. The van der Waals surface area contributed by atoms with Crippen LogP contribution < -0.4 is 10.3 Å². The molecule has 0 bridgehead atoms. The molecule has 11 heteroatoms. The Labute approximate surface area is 188 Å². The lowest BCUT2D eigenvalue weighted by molar-refractivity contribution is -0.384. The van der Waals surface area contributed by atoms with E-state index >= 15 is 0 Å². The fourth-order valence-electron chi connectivity index (χ4n) is 3.80. The lowest BCUT2D eigenvalue weighted by atomic mass is 9.98. The van der Waals surface area contributed by atoms with E-state index in [1.54, 1.807) is 6.92 Å². The number of nitro benzene ring substituents is 1. The predicted molar refractivity (Wildman–Crippen MR) is 115 cm³/mol. The van der Waals surface area contributed by atoms with Gasteiger partial charge in [-0.15, -0.1) is 0 Å². The molecule has 4 aromatic rings. The molecule has 1 amide bonds. The van der Waals surface area contributed by atoms with Crippen molar-refractivity contribution in [3.8, 4) is 0 Å². The van der Waals surface area contributed by atoms with Gasteiger partial charge in [-0.3, -0.25) is 24.6 Å². The Kier molecular flexibility index (Phi) is 4.54. The number of aromatic nitrogens is 1. The van der Waals surface area contributed by atoms with Crippen LogP contribution in [0.1, 0.15) is 33.5 Å². The zero-order valence-electron chi connectivity index (χ0n) is 16.2. The monoisotopic (exact) mass is 471 g/mol. The molecule has 2 aromatic heterocycles. The second kappa shape index (κ2) is 7.18. The van der Waals surface area contributed by atoms with Crippen LogP contribution in [-0.4, -0.2) is 16.0 Å². The van der Waals surface area contributed by atoms with Crippen molar-refractivity contribution in [2.75, 3.05) is 4.90 Å². The van der Waals surface area contributed by atoms with Crippen molar-refractivity contribution in [1.29, 1.82) is 0 Å². The molecule has 5 rings (SSSR count). The molecule has 32 heavy (non-hydrogen) atoms. The van der Waals surface area contributed by atoms with Crippen molar-refractivity contribution in [2.24, 2.45) is 0 Å². The van der Waals surface area contributed by atoms with Crippen LogP contribution in [0.4, 0.5) is 11.5 Å². The van der Waals surface area contributed by atoms with E-state index in [1.807, 2.05) is 0 Å². The number of nitrogens with zero attached hydrogens (tertiary/aromatic N) is 3. The molecular formula is C21H11Cl2N3O6. The Morgan fingerprint density at radius 3 is 2.47 bits per heavy atom. The van der Waals surface area contributed by atoms with Crippen molar-refractivity contribution >= 4 is 51.6 Å². The summed E-state index contributed by atoms with van der Waals surface area (Å²) in [5.41, 5.74) is -0.0939. The molecule has 0 N–H and O–H groups in total. The van der Waals surface area contributed by atoms with Crippen LogP contribution in [0.15, 0.2) is 56.2 Å². The molecule has 1 aliphatic heterocycles. The molecule has 0 aliphatic carbocycles. The molecule has 1 unspecified atom stereocenters. The maximum atomic E-state index is 13.5. The fourth-order valence-corrected chi connectivity index (χ4v) is 4.33. The van der Waals surface area contributed by atoms with Gasteiger partial charge >= 0.3 is 0 Å². The Hall–Kier alpha value is -3.69. The number of halogens is 2. The number of aryl methyl sites for hydroxylation is 1. The summed E-state index contributed by atoms with van der Waals surface area (Å²) in [6, 6.07) is 8.93. The third-order valence-corrected chi connectivity index (χ3v) is 5.67. The quantitative estimate of drug-likeness (QED) is 0.302. The molecule has 0 saturated carbocycles. The topological polar surface area (TPSA) is 120 Å². The minimum atomic E-state index is -0.957.